The summed E-state index contributed by atoms with van der Waals surface area (Å²) in [4.78, 5) is 10.5. The molecule has 1 heterocycles. The van der Waals surface area contributed by atoms with Crippen molar-refractivity contribution >= 4 is 12.2 Å². The van der Waals surface area contributed by atoms with E-state index in [1.807, 2.05) is 30.3 Å². The Labute approximate surface area is 109 Å². The lowest BCUT2D eigenvalue weighted by molar-refractivity contribution is 0.249. The van der Waals surface area contributed by atoms with Gasteiger partial charge in [0.05, 0.1) is 18.9 Å². The summed E-state index contributed by atoms with van der Waals surface area (Å²) in [6.07, 6.45) is 1.40. The Kier molecular flexibility index (Phi) is 3.82. The summed E-state index contributed by atoms with van der Waals surface area (Å²) >= 11 is 0. The standard InChI is InChI=1S/C13H13N3O3/c1-18-12-10(8-15-16-13(14)17)7-11(19-12)9-5-3-2-4-6-9/h2-8H,1H3,(H3,14,16,17). The number of benzene rings is 1. The molecule has 2 rings (SSSR count). The van der Waals surface area contributed by atoms with Crippen LogP contribution < -0.4 is 15.9 Å². The van der Waals surface area contributed by atoms with Crippen LogP contribution in [0.3, 0.4) is 0 Å². The van der Waals surface area contributed by atoms with Crippen molar-refractivity contribution in [3.63, 3.8) is 0 Å². The van der Waals surface area contributed by atoms with Crippen molar-refractivity contribution in [3.05, 3.63) is 42.0 Å². The molecule has 0 aliphatic heterocycles. The Morgan fingerprint density at radius 3 is 2.79 bits per heavy atom. The zero-order valence-electron chi connectivity index (χ0n) is 10.3. The lowest BCUT2D eigenvalue weighted by atomic mass is 10.1. The maximum atomic E-state index is 10.5. The fourth-order valence-corrected chi connectivity index (χ4v) is 1.55. The SMILES string of the molecule is COc1oc(-c2ccccc2)cc1C=NNC(N)=O. The minimum atomic E-state index is -0.734. The van der Waals surface area contributed by atoms with Gasteiger partial charge in [0.1, 0.15) is 5.76 Å². The summed E-state index contributed by atoms with van der Waals surface area (Å²) in [6.45, 7) is 0. The summed E-state index contributed by atoms with van der Waals surface area (Å²) in [5.41, 5.74) is 8.54. The van der Waals surface area contributed by atoms with Crippen molar-refractivity contribution in [1.29, 1.82) is 0 Å². The fourth-order valence-electron chi connectivity index (χ4n) is 1.55. The Bertz CT molecular complexity index is 590. The van der Waals surface area contributed by atoms with E-state index in [0.29, 0.717) is 17.3 Å². The molecule has 0 aliphatic rings. The smallest absolute Gasteiger partial charge is 0.332 e. The number of hydrazone groups is 1. The number of methoxy groups -OCH3 is 1. The molecule has 0 aliphatic carbocycles. The number of urea groups is 1. The first-order chi connectivity index (χ1) is 9.20. The largest absolute Gasteiger partial charge is 0.468 e. The van der Waals surface area contributed by atoms with Crippen LogP contribution in [0.1, 0.15) is 5.56 Å². The number of carbonyl (C=O) groups excluding carboxylic acids is 1. The van der Waals surface area contributed by atoms with Gasteiger partial charge in [-0.3, -0.25) is 0 Å². The van der Waals surface area contributed by atoms with E-state index in [2.05, 4.69) is 10.5 Å². The van der Waals surface area contributed by atoms with Crippen LogP contribution in [0.25, 0.3) is 11.3 Å². The number of nitrogens with one attached hydrogen (secondary N) is 1. The normalized spacial score (nSPS) is 10.6. The number of hydrogen-bond donors (Lipinski definition) is 2. The lowest BCUT2D eigenvalue weighted by Crippen LogP contribution is -2.24. The van der Waals surface area contributed by atoms with E-state index < -0.39 is 6.03 Å². The predicted octanol–water partition coefficient (Wildman–Crippen LogP) is 1.96. The van der Waals surface area contributed by atoms with Gasteiger partial charge in [0.2, 0.25) is 0 Å². The van der Waals surface area contributed by atoms with Gasteiger partial charge in [-0.1, -0.05) is 30.3 Å². The molecule has 0 saturated carbocycles. The molecule has 0 atom stereocenters. The summed E-state index contributed by atoms with van der Waals surface area (Å²) in [5, 5.41) is 3.67. The van der Waals surface area contributed by atoms with Gasteiger partial charge in [-0.15, -0.1) is 0 Å². The van der Waals surface area contributed by atoms with Crippen LogP contribution in [-0.2, 0) is 0 Å². The van der Waals surface area contributed by atoms with Crippen LogP contribution in [0.2, 0.25) is 0 Å². The van der Waals surface area contributed by atoms with Gasteiger partial charge >= 0.3 is 6.03 Å². The molecule has 1 aromatic heterocycles. The topological polar surface area (TPSA) is 89.8 Å². The van der Waals surface area contributed by atoms with Crippen molar-refractivity contribution in [2.45, 2.75) is 0 Å². The molecule has 2 aromatic rings. The number of hydrogen-bond acceptors (Lipinski definition) is 4. The van der Waals surface area contributed by atoms with Gasteiger partial charge in [-0.25, -0.2) is 10.2 Å². The Hall–Kier alpha value is -2.76. The number of furan rings is 1. The average molecular weight is 259 g/mol. The van der Waals surface area contributed by atoms with Gasteiger partial charge in [0, 0.05) is 5.56 Å². The number of amides is 2. The second-order valence-electron chi connectivity index (χ2n) is 3.66. The molecule has 6 heteroatoms. The van der Waals surface area contributed by atoms with Gasteiger partial charge in [-0.2, -0.15) is 5.10 Å². The fraction of sp³-hybridized carbons (Fsp3) is 0.0769. The van der Waals surface area contributed by atoms with Crippen LogP contribution in [0.4, 0.5) is 4.79 Å². The maximum absolute atomic E-state index is 10.5. The van der Waals surface area contributed by atoms with Crippen molar-refractivity contribution < 1.29 is 13.9 Å². The van der Waals surface area contributed by atoms with Crippen LogP contribution in [0.15, 0.2) is 45.9 Å². The second kappa shape index (κ2) is 5.72. The number of nitrogens with zero attached hydrogens (tertiary/aromatic N) is 1. The highest BCUT2D eigenvalue weighted by atomic mass is 16.6. The average Bonchev–Trinajstić information content (AvgIpc) is 2.83. The number of nitrogens with two attached hydrogens (primary N) is 1. The highest BCUT2D eigenvalue weighted by Crippen LogP contribution is 2.29. The summed E-state index contributed by atoms with van der Waals surface area (Å²) in [6, 6.07) is 10.6. The minimum absolute atomic E-state index is 0.314. The first kappa shape index (κ1) is 12.7. The highest BCUT2D eigenvalue weighted by Gasteiger charge is 2.11. The van der Waals surface area contributed by atoms with E-state index in [1.54, 1.807) is 6.07 Å². The van der Waals surface area contributed by atoms with E-state index in [9.17, 15) is 4.79 Å². The van der Waals surface area contributed by atoms with Gasteiger partial charge < -0.3 is 14.9 Å². The molecule has 0 spiro atoms. The molecule has 98 valence electrons. The third kappa shape index (κ3) is 3.12. The van der Waals surface area contributed by atoms with Crippen LogP contribution >= 0.6 is 0 Å². The molecule has 6 nitrogen and oxygen atoms in total. The van der Waals surface area contributed by atoms with E-state index in [1.165, 1.54) is 13.3 Å². The minimum Gasteiger partial charge on any atom is -0.468 e. The molecular weight excluding hydrogens is 246 g/mol. The first-order valence-corrected chi connectivity index (χ1v) is 5.52. The summed E-state index contributed by atoms with van der Waals surface area (Å²) < 4.78 is 10.7. The molecule has 3 N–H and O–H groups in total. The molecule has 0 fully saturated rings. The summed E-state index contributed by atoms with van der Waals surface area (Å²) in [5.74, 6) is 0.965. The second-order valence-corrected chi connectivity index (χ2v) is 3.66. The van der Waals surface area contributed by atoms with Gasteiger partial charge in [-0.05, 0) is 6.07 Å². The van der Waals surface area contributed by atoms with Gasteiger partial charge in [0.15, 0.2) is 0 Å². The van der Waals surface area contributed by atoms with E-state index in [-0.39, 0.29) is 0 Å². The maximum Gasteiger partial charge on any atom is 0.332 e. The number of rotatable bonds is 4. The van der Waals surface area contributed by atoms with Crippen molar-refractivity contribution in [2.24, 2.45) is 10.8 Å². The molecule has 0 saturated heterocycles. The van der Waals surface area contributed by atoms with Crippen LogP contribution in [0, 0.1) is 0 Å². The monoisotopic (exact) mass is 259 g/mol. The highest BCUT2D eigenvalue weighted by molar-refractivity contribution is 5.85. The van der Waals surface area contributed by atoms with Crippen LogP contribution in [-0.4, -0.2) is 19.4 Å². The molecule has 0 unspecified atom stereocenters. The van der Waals surface area contributed by atoms with E-state index in [0.717, 1.165) is 5.56 Å². The Balaban J connectivity index is 2.27. The van der Waals surface area contributed by atoms with Gasteiger partial charge in [0.25, 0.3) is 5.95 Å². The van der Waals surface area contributed by atoms with E-state index in [4.69, 9.17) is 14.9 Å². The lowest BCUT2D eigenvalue weighted by Gasteiger charge is -1.95. The molecule has 1 aromatic carbocycles. The quantitative estimate of drug-likeness (QED) is 0.649. The zero-order chi connectivity index (χ0) is 13.7. The molecular formula is C13H13N3O3. The molecule has 0 radical (unpaired) electrons. The molecule has 2 amide bonds. The molecule has 0 bridgehead atoms. The number of primary amides is 1. The number of carbonyl (C=O) groups is 1. The Morgan fingerprint density at radius 2 is 2.16 bits per heavy atom. The third-order valence-electron chi connectivity index (χ3n) is 2.35. The third-order valence-corrected chi connectivity index (χ3v) is 2.35. The van der Waals surface area contributed by atoms with Crippen LogP contribution in [0.5, 0.6) is 5.95 Å². The Morgan fingerprint density at radius 1 is 1.42 bits per heavy atom. The van der Waals surface area contributed by atoms with Crippen molar-refractivity contribution in [1.82, 2.24) is 5.43 Å². The van der Waals surface area contributed by atoms with Crippen molar-refractivity contribution in [2.75, 3.05) is 7.11 Å². The molecule has 19 heavy (non-hydrogen) atoms. The van der Waals surface area contributed by atoms with E-state index >= 15 is 0 Å². The first-order valence-electron chi connectivity index (χ1n) is 5.52. The number of ether oxygens (including phenoxy) is 1. The zero-order valence-corrected chi connectivity index (χ0v) is 10.3. The summed E-state index contributed by atoms with van der Waals surface area (Å²) in [7, 11) is 1.49. The predicted molar refractivity (Wildman–Crippen MR) is 71.0 cm³/mol. The van der Waals surface area contributed by atoms with Crippen molar-refractivity contribution in [3.8, 4) is 17.3 Å².